The highest BCUT2D eigenvalue weighted by Crippen LogP contribution is 2.24. The van der Waals surface area contributed by atoms with Crippen LogP contribution in [-0.4, -0.2) is 15.9 Å². The van der Waals surface area contributed by atoms with E-state index < -0.39 is 0 Å². The maximum Gasteiger partial charge on any atom is 0.228 e. The number of carbonyl (C=O) groups is 1. The molecule has 0 fully saturated rings. The molecule has 0 saturated carbocycles. The molecule has 2 N–H and O–H groups in total. The molecule has 0 aliphatic heterocycles. The largest absolute Gasteiger partial charge is 0.338 e. The normalized spacial score (nSPS) is 10.6. The van der Waals surface area contributed by atoms with Gasteiger partial charge in [0.05, 0.1) is 29.5 Å². The van der Waals surface area contributed by atoms with Crippen LogP contribution in [0.15, 0.2) is 79.1 Å². The molecule has 2 aromatic heterocycles. The molecule has 138 valence electrons. The first-order chi connectivity index (χ1) is 13.7. The summed E-state index contributed by atoms with van der Waals surface area (Å²) in [5.41, 5.74) is 3.06. The molecule has 5 nitrogen and oxygen atoms in total. The smallest absolute Gasteiger partial charge is 0.228 e. The third-order valence-corrected chi connectivity index (χ3v) is 4.22. The topological polar surface area (TPSA) is 66.9 Å². The lowest BCUT2D eigenvalue weighted by Gasteiger charge is -2.09. The number of aromatic nitrogens is 2. The summed E-state index contributed by atoms with van der Waals surface area (Å²) in [5, 5.41) is 7.08. The Balaban J connectivity index is 1.42. The second-order valence-corrected chi connectivity index (χ2v) is 6.29. The van der Waals surface area contributed by atoms with E-state index in [0.29, 0.717) is 11.5 Å². The quantitative estimate of drug-likeness (QED) is 0.533. The molecule has 4 aromatic rings. The fourth-order valence-electron chi connectivity index (χ4n) is 2.88. The van der Waals surface area contributed by atoms with E-state index in [9.17, 15) is 9.18 Å². The summed E-state index contributed by atoms with van der Waals surface area (Å²) in [6.07, 6.45) is 3.51. The number of anilines is 3. The molecular weight excluding hydrogens is 355 g/mol. The molecule has 0 spiro atoms. The molecule has 0 aliphatic carbocycles. The van der Waals surface area contributed by atoms with Gasteiger partial charge in [0, 0.05) is 11.6 Å². The SMILES string of the molecule is O=C(Cc1ccc(F)cc1)Nc1ccc(Nc2cccc3cccnc23)nc1. The van der Waals surface area contributed by atoms with E-state index >= 15 is 0 Å². The van der Waals surface area contributed by atoms with Crippen LogP contribution >= 0.6 is 0 Å². The monoisotopic (exact) mass is 372 g/mol. The number of hydrogen-bond donors (Lipinski definition) is 2. The van der Waals surface area contributed by atoms with Gasteiger partial charge in [-0.25, -0.2) is 9.37 Å². The standard InChI is InChI=1S/C22H17FN4O/c23-17-8-6-15(7-9-17)13-21(28)26-18-10-11-20(25-14-18)27-19-5-1-3-16-4-2-12-24-22(16)19/h1-12,14H,13H2,(H,25,27)(H,26,28). The summed E-state index contributed by atoms with van der Waals surface area (Å²) in [5.74, 6) is 0.139. The Hall–Kier alpha value is -3.80. The summed E-state index contributed by atoms with van der Waals surface area (Å²) in [7, 11) is 0. The molecule has 28 heavy (non-hydrogen) atoms. The predicted octanol–water partition coefficient (Wildman–Crippen LogP) is 4.69. The van der Waals surface area contributed by atoms with E-state index in [2.05, 4.69) is 20.6 Å². The maximum absolute atomic E-state index is 12.9. The molecule has 0 unspecified atom stereocenters. The van der Waals surface area contributed by atoms with Gasteiger partial charge in [-0.2, -0.15) is 0 Å². The Morgan fingerprint density at radius 2 is 1.75 bits per heavy atom. The van der Waals surface area contributed by atoms with Gasteiger partial charge in [-0.3, -0.25) is 9.78 Å². The number of nitrogens with zero attached hydrogens (tertiary/aromatic N) is 2. The first-order valence-corrected chi connectivity index (χ1v) is 8.78. The van der Waals surface area contributed by atoms with E-state index in [0.717, 1.165) is 22.2 Å². The number of fused-ring (bicyclic) bond motifs is 1. The number of amides is 1. The lowest BCUT2D eigenvalue weighted by molar-refractivity contribution is -0.115. The van der Waals surface area contributed by atoms with Crippen LogP contribution in [0.1, 0.15) is 5.56 Å². The summed E-state index contributed by atoms with van der Waals surface area (Å²) < 4.78 is 12.9. The van der Waals surface area contributed by atoms with Gasteiger partial charge in [0.15, 0.2) is 0 Å². The van der Waals surface area contributed by atoms with Gasteiger partial charge in [-0.15, -0.1) is 0 Å². The molecule has 0 aliphatic rings. The van der Waals surface area contributed by atoms with Gasteiger partial charge in [-0.1, -0.05) is 30.3 Å². The van der Waals surface area contributed by atoms with Gasteiger partial charge in [0.2, 0.25) is 5.91 Å². The van der Waals surface area contributed by atoms with E-state index in [1.165, 1.54) is 12.1 Å². The van der Waals surface area contributed by atoms with Crippen molar-refractivity contribution in [3.8, 4) is 0 Å². The van der Waals surface area contributed by atoms with E-state index in [4.69, 9.17) is 0 Å². The molecule has 0 bridgehead atoms. The fraction of sp³-hybridized carbons (Fsp3) is 0.0455. The summed E-state index contributed by atoms with van der Waals surface area (Å²) in [6.45, 7) is 0. The van der Waals surface area contributed by atoms with Gasteiger partial charge < -0.3 is 10.6 Å². The molecule has 0 atom stereocenters. The van der Waals surface area contributed by atoms with Crippen LogP contribution in [0.2, 0.25) is 0 Å². The number of pyridine rings is 2. The molecular formula is C22H17FN4O. The van der Waals surface area contributed by atoms with E-state index in [-0.39, 0.29) is 18.1 Å². The molecule has 1 amide bonds. The van der Waals surface area contributed by atoms with Crippen molar-refractivity contribution in [3.63, 3.8) is 0 Å². The average Bonchev–Trinajstić information content (AvgIpc) is 2.71. The Morgan fingerprint density at radius 3 is 2.54 bits per heavy atom. The minimum Gasteiger partial charge on any atom is -0.338 e. The van der Waals surface area contributed by atoms with Crippen molar-refractivity contribution in [1.82, 2.24) is 9.97 Å². The highest BCUT2D eigenvalue weighted by molar-refractivity contribution is 5.93. The molecule has 2 heterocycles. The van der Waals surface area contributed by atoms with Crippen LogP contribution in [0.25, 0.3) is 10.9 Å². The Morgan fingerprint density at radius 1 is 0.929 bits per heavy atom. The Labute approximate surface area is 161 Å². The molecule has 6 heteroatoms. The maximum atomic E-state index is 12.9. The van der Waals surface area contributed by atoms with Crippen LogP contribution in [-0.2, 0) is 11.2 Å². The summed E-state index contributed by atoms with van der Waals surface area (Å²) in [4.78, 5) is 20.9. The summed E-state index contributed by atoms with van der Waals surface area (Å²) >= 11 is 0. The highest BCUT2D eigenvalue weighted by atomic mass is 19.1. The Kier molecular flexibility index (Phi) is 4.93. The van der Waals surface area contributed by atoms with Crippen molar-refractivity contribution in [3.05, 3.63) is 90.5 Å². The number of halogens is 1. The van der Waals surface area contributed by atoms with Crippen molar-refractivity contribution in [2.45, 2.75) is 6.42 Å². The van der Waals surface area contributed by atoms with Crippen molar-refractivity contribution in [2.75, 3.05) is 10.6 Å². The highest BCUT2D eigenvalue weighted by Gasteiger charge is 2.06. The van der Waals surface area contributed by atoms with Crippen molar-refractivity contribution >= 4 is 34.0 Å². The van der Waals surface area contributed by atoms with Crippen LogP contribution in [0.5, 0.6) is 0 Å². The number of benzene rings is 2. The van der Waals surface area contributed by atoms with Crippen LogP contribution < -0.4 is 10.6 Å². The second-order valence-electron chi connectivity index (χ2n) is 6.29. The predicted molar refractivity (Wildman–Crippen MR) is 108 cm³/mol. The van der Waals surface area contributed by atoms with Gasteiger partial charge in [-0.05, 0) is 42.0 Å². The van der Waals surface area contributed by atoms with Crippen LogP contribution in [0.3, 0.4) is 0 Å². The van der Waals surface area contributed by atoms with E-state index in [1.807, 2.05) is 30.3 Å². The minimum absolute atomic E-state index is 0.169. The number of nitrogens with one attached hydrogen (secondary N) is 2. The number of carbonyl (C=O) groups excluding carboxylic acids is 1. The molecule has 0 radical (unpaired) electrons. The number of rotatable bonds is 5. The van der Waals surface area contributed by atoms with Gasteiger partial charge in [0.25, 0.3) is 0 Å². The van der Waals surface area contributed by atoms with Gasteiger partial charge >= 0.3 is 0 Å². The summed E-state index contributed by atoms with van der Waals surface area (Å²) in [6, 6.07) is 19.2. The van der Waals surface area contributed by atoms with Gasteiger partial charge in [0.1, 0.15) is 11.6 Å². The zero-order chi connectivity index (χ0) is 19.3. The first kappa shape index (κ1) is 17.6. The number of hydrogen-bond acceptors (Lipinski definition) is 4. The lowest BCUT2D eigenvalue weighted by Crippen LogP contribution is -2.14. The lowest BCUT2D eigenvalue weighted by atomic mass is 10.1. The van der Waals surface area contributed by atoms with Crippen molar-refractivity contribution in [2.24, 2.45) is 0 Å². The minimum atomic E-state index is -0.321. The Bertz CT molecular complexity index is 1110. The van der Waals surface area contributed by atoms with E-state index in [1.54, 1.807) is 36.7 Å². The van der Waals surface area contributed by atoms with Crippen molar-refractivity contribution < 1.29 is 9.18 Å². The van der Waals surface area contributed by atoms with Crippen LogP contribution in [0.4, 0.5) is 21.6 Å². The zero-order valence-corrected chi connectivity index (χ0v) is 14.9. The second kappa shape index (κ2) is 7.84. The third-order valence-electron chi connectivity index (χ3n) is 4.22. The average molecular weight is 372 g/mol. The zero-order valence-electron chi connectivity index (χ0n) is 14.9. The van der Waals surface area contributed by atoms with Crippen LogP contribution in [0, 0.1) is 5.82 Å². The molecule has 4 rings (SSSR count). The molecule has 0 saturated heterocycles. The number of para-hydroxylation sites is 1. The third kappa shape index (κ3) is 4.12. The fourth-order valence-corrected chi connectivity index (χ4v) is 2.88. The first-order valence-electron chi connectivity index (χ1n) is 8.78. The van der Waals surface area contributed by atoms with Crippen molar-refractivity contribution in [1.29, 1.82) is 0 Å². The molecule has 2 aromatic carbocycles.